The number of esters is 1. The molecule has 0 bridgehead atoms. The van der Waals surface area contributed by atoms with E-state index in [9.17, 15) is 4.79 Å². The molecular formula is C11H24N2O4. The Labute approximate surface area is 103 Å². The minimum absolute atomic E-state index is 0.0235. The number of aliphatic hydroxyl groups excluding tert-OH is 2. The summed E-state index contributed by atoms with van der Waals surface area (Å²) in [7, 11) is 3.83. The second-order valence-electron chi connectivity index (χ2n) is 4.06. The molecule has 0 aliphatic heterocycles. The number of likely N-dealkylation sites (N-methyl/N-ethyl adjacent to an activating group) is 1. The largest absolute Gasteiger partial charge is 0.464 e. The predicted octanol–water partition coefficient (Wildman–Crippen LogP) is -1.23. The number of ether oxygens (including phenoxy) is 1. The lowest BCUT2D eigenvalue weighted by Gasteiger charge is -2.19. The molecule has 6 heteroatoms. The smallest absolute Gasteiger partial charge is 0.307 e. The van der Waals surface area contributed by atoms with Gasteiger partial charge in [-0.15, -0.1) is 0 Å². The number of nitrogens with zero attached hydrogens (tertiary/aromatic N) is 2. The summed E-state index contributed by atoms with van der Waals surface area (Å²) < 4.78 is 5.03. The summed E-state index contributed by atoms with van der Waals surface area (Å²) in [5.41, 5.74) is 0. The summed E-state index contributed by atoms with van der Waals surface area (Å²) in [6, 6.07) is 0. The van der Waals surface area contributed by atoms with E-state index in [-0.39, 0.29) is 25.6 Å². The van der Waals surface area contributed by atoms with E-state index in [2.05, 4.69) is 0 Å². The highest BCUT2D eigenvalue weighted by Gasteiger charge is 2.08. The Morgan fingerprint density at radius 2 is 1.65 bits per heavy atom. The Kier molecular flexibility index (Phi) is 10.0. The average molecular weight is 248 g/mol. The van der Waals surface area contributed by atoms with Crippen molar-refractivity contribution < 1.29 is 19.7 Å². The molecule has 0 aromatic heterocycles. The third-order valence-electron chi connectivity index (χ3n) is 2.27. The van der Waals surface area contributed by atoms with Crippen LogP contribution in [0.5, 0.6) is 0 Å². The van der Waals surface area contributed by atoms with Crippen LogP contribution in [0.2, 0.25) is 0 Å². The van der Waals surface area contributed by atoms with Crippen LogP contribution in [0.4, 0.5) is 0 Å². The van der Waals surface area contributed by atoms with Gasteiger partial charge in [-0.2, -0.15) is 0 Å². The maximum Gasteiger partial charge on any atom is 0.307 e. The molecule has 0 fully saturated rings. The van der Waals surface area contributed by atoms with Crippen LogP contribution < -0.4 is 0 Å². The summed E-state index contributed by atoms with van der Waals surface area (Å²) in [6.45, 7) is 2.58. The minimum atomic E-state index is -0.243. The highest BCUT2D eigenvalue weighted by Crippen LogP contribution is 1.94. The van der Waals surface area contributed by atoms with E-state index < -0.39 is 0 Å². The van der Waals surface area contributed by atoms with Crippen LogP contribution in [-0.2, 0) is 9.53 Å². The molecule has 0 unspecified atom stereocenters. The van der Waals surface area contributed by atoms with Crippen LogP contribution in [0.15, 0.2) is 0 Å². The molecule has 102 valence electrons. The molecule has 0 atom stereocenters. The van der Waals surface area contributed by atoms with E-state index in [4.69, 9.17) is 14.9 Å². The van der Waals surface area contributed by atoms with Crippen LogP contribution >= 0.6 is 0 Å². The Hall–Kier alpha value is -0.690. The molecular weight excluding hydrogens is 224 g/mol. The summed E-state index contributed by atoms with van der Waals surface area (Å²) in [5.74, 6) is -0.243. The summed E-state index contributed by atoms with van der Waals surface area (Å²) in [6.07, 6.45) is 0.285. The van der Waals surface area contributed by atoms with E-state index in [1.165, 1.54) is 0 Å². The van der Waals surface area contributed by atoms with Crippen LogP contribution in [0, 0.1) is 0 Å². The first-order valence-corrected chi connectivity index (χ1v) is 5.84. The summed E-state index contributed by atoms with van der Waals surface area (Å²) in [5, 5.41) is 17.6. The predicted molar refractivity (Wildman–Crippen MR) is 64.7 cm³/mol. The standard InChI is InChI=1S/C11H24N2O4/c1-12(2)7-10-17-11(16)3-4-13(5-8-14)6-9-15/h14-15H,3-10H2,1-2H3. The molecule has 0 aromatic rings. The molecule has 17 heavy (non-hydrogen) atoms. The SMILES string of the molecule is CN(C)CCOC(=O)CCN(CCO)CCO. The van der Waals surface area contributed by atoms with Gasteiger partial charge in [0.25, 0.3) is 0 Å². The first kappa shape index (κ1) is 16.3. The molecule has 2 N–H and O–H groups in total. The van der Waals surface area contributed by atoms with Gasteiger partial charge in [0.1, 0.15) is 6.61 Å². The molecule has 0 heterocycles. The van der Waals surface area contributed by atoms with E-state index in [1.54, 1.807) is 0 Å². The normalized spacial score (nSPS) is 11.2. The van der Waals surface area contributed by atoms with Crippen molar-refractivity contribution >= 4 is 5.97 Å². The minimum Gasteiger partial charge on any atom is -0.464 e. The van der Waals surface area contributed by atoms with Crippen molar-refractivity contribution in [3.05, 3.63) is 0 Å². The molecule has 6 nitrogen and oxygen atoms in total. The Balaban J connectivity index is 3.64. The van der Waals surface area contributed by atoms with Crippen molar-refractivity contribution in [3.63, 3.8) is 0 Å². The van der Waals surface area contributed by atoms with Crippen molar-refractivity contribution in [2.24, 2.45) is 0 Å². The van der Waals surface area contributed by atoms with Gasteiger partial charge in [-0.25, -0.2) is 0 Å². The molecule has 0 aliphatic rings. The van der Waals surface area contributed by atoms with Crippen LogP contribution in [0.25, 0.3) is 0 Å². The van der Waals surface area contributed by atoms with Gasteiger partial charge < -0.3 is 19.8 Å². The lowest BCUT2D eigenvalue weighted by Crippen LogP contribution is -2.32. The first-order chi connectivity index (χ1) is 8.10. The molecule has 0 rings (SSSR count). The molecule has 0 aromatic carbocycles. The van der Waals surface area contributed by atoms with Crippen LogP contribution in [0.3, 0.4) is 0 Å². The Morgan fingerprint density at radius 3 is 2.12 bits per heavy atom. The van der Waals surface area contributed by atoms with Gasteiger partial charge in [-0.05, 0) is 14.1 Å². The van der Waals surface area contributed by atoms with Crippen LogP contribution in [0.1, 0.15) is 6.42 Å². The fraction of sp³-hybridized carbons (Fsp3) is 0.909. The fourth-order valence-corrected chi connectivity index (χ4v) is 1.28. The topological polar surface area (TPSA) is 73.2 Å². The van der Waals surface area contributed by atoms with Crippen molar-refractivity contribution in [1.82, 2.24) is 9.80 Å². The Bertz CT molecular complexity index is 194. The van der Waals surface area contributed by atoms with Crippen molar-refractivity contribution in [2.45, 2.75) is 6.42 Å². The van der Waals surface area contributed by atoms with E-state index in [0.29, 0.717) is 32.8 Å². The lowest BCUT2D eigenvalue weighted by atomic mass is 10.3. The molecule has 0 saturated carbocycles. The average Bonchev–Trinajstić information content (AvgIpc) is 2.26. The third kappa shape index (κ3) is 10.2. The van der Waals surface area contributed by atoms with Gasteiger partial charge in [0, 0.05) is 26.2 Å². The van der Waals surface area contributed by atoms with Gasteiger partial charge >= 0.3 is 5.97 Å². The van der Waals surface area contributed by atoms with Crippen molar-refractivity contribution in [3.8, 4) is 0 Å². The summed E-state index contributed by atoms with van der Waals surface area (Å²) in [4.78, 5) is 15.1. The molecule has 0 saturated heterocycles. The quantitative estimate of drug-likeness (QED) is 0.472. The van der Waals surface area contributed by atoms with E-state index in [0.717, 1.165) is 0 Å². The number of carbonyl (C=O) groups excluding carboxylic acids is 1. The lowest BCUT2D eigenvalue weighted by molar-refractivity contribution is -0.144. The fourth-order valence-electron chi connectivity index (χ4n) is 1.28. The van der Waals surface area contributed by atoms with E-state index in [1.807, 2.05) is 23.9 Å². The zero-order valence-corrected chi connectivity index (χ0v) is 10.8. The number of hydrogen-bond donors (Lipinski definition) is 2. The van der Waals surface area contributed by atoms with Gasteiger partial charge in [0.15, 0.2) is 0 Å². The second-order valence-corrected chi connectivity index (χ2v) is 4.06. The zero-order valence-electron chi connectivity index (χ0n) is 10.8. The van der Waals surface area contributed by atoms with Crippen molar-refractivity contribution in [1.29, 1.82) is 0 Å². The highest BCUT2D eigenvalue weighted by molar-refractivity contribution is 5.69. The van der Waals surface area contributed by atoms with Gasteiger partial charge in [0.05, 0.1) is 19.6 Å². The maximum atomic E-state index is 11.3. The molecule has 0 amide bonds. The van der Waals surface area contributed by atoms with Crippen molar-refractivity contribution in [2.75, 3.05) is 60.1 Å². The number of hydrogen-bond acceptors (Lipinski definition) is 6. The first-order valence-electron chi connectivity index (χ1n) is 5.84. The Morgan fingerprint density at radius 1 is 1.06 bits per heavy atom. The second kappa shape index (κ2) is 10.5. The van der Waals surface area contributed by atoms with Crippen LogP contribution in [-0.4, -0.2) is 86.1 Å². The number of aliphatic hydroxyl groups is 2. The van der Waals surface area contributed by atoms with Gasteiger partial charge in [-0.1, -0.05) is 0 Å². The highest BCUT2D eigenvalue weighted by atomic mass is 16.5. The molecule has 0 radical (unpaired) electrons. The maximum absolute atomic E-state index is 11.3. The van der Waals surface area contributed by atoms with E-state index >= 15 is 0 Å². The molecule has 0 aliphatic carbocycles. The number of rotatable bonds is 10. The zero-order chi connectivity index (χ0) is 13.1. The monoisotopic (exact) mass is 248 g/mol. The number of carbonyl (C=O) groups is 1. The van der Waals surface area contributed by atoms with Gasteiger partial charge in [-0.3, -0.25) is 9.69 Å². The third-order valence-corrected chi connectivity index (χ3v) is 2.27. The summed E-state index contributed by atoms with van der Waals surface area (Å²) >= 11 is 0. The van der Waals surface area contributed by atoms with Gasteiger partial charge in [0.2, 0.25) is 0 Å². The molecule has 0 spiro atoms.